The molecule has 3 heterocycles. The van der Waals surface area contributed by atoms with E-state index in [2.05, 4.69) is 29.0 Å². The van der Waals surface area contributed by atoms with E-state index in [1.807, 2.05) is 18.9 Å². The predicted molar refractivity (Wildman–Crippen MR) is 121 cm³/mol. The molecule has 3 fully saturated rings. The molecular weight excluding hydrogens is 376 g/mol. The monoisotopic (exact) mass is 414 g/mol. The molecule has 166 valence electrons. The van der Waals surface area contributed by atoms with E-state index in [9.17, 15) is 9.59 Å². The van der Waals surface area contributed by atoms with E-state index in [0.29, 0.717) is 6.54 Å². The molecule has 2 saturated heterocycles. The molecule has 6 nitrogen and oxygen atoms in total. The van der Waals surface area contributed by atoms with Crippen LogP contribution in [0, 0.1) is 5.41 Å². The maximum absolute atomic E-state index is 12.7. The predicted octanol–water partition coefficient (Wildman–Crippen LogP) is 2.50. The van der Waals surface area contributed by atoms with Gasteiger partial charge in [-0.1, -0.05) is 31.7 Å². The van der Waals surface area contributed by atoms with Crippen LogP contribution in [0.1, 0.15) is 39.0 Å². The van der Waals surface area contributed by atoms with Gasteiger partial charge in [0, 0.05) is 58.1 Å². The van der Waals surface area contributed by atoms with Gasteiger partial charge in [0.15, 0.2) is 0 Å². The standard InChI is InChI=1S/C20H32N4O2.C4H6/c1-16-14-20(19(26)21(16)2)6-8-22(9-7-20)15-18(25)24-12-10-23(11-13-24)17-4-3-5-17;1-3-4-2/h14,17H,3-13,15H2,1-2H3;3-4H,1-2H2. The second-order valence-electron chi connectivity index (χ2n) is 9.06. The summed E-state index contributed by atoms with van der Waals surface area (Å²) in [7, 11) is 1.86. The summed E-state index contributed by atoms with van der Waals surface area (Å²) in [5, 5.41) is 0. The molecule has 0 aromatic heterocycles. The van der Waals surface area contributed by atoms with E-state index < -0.39 is 0 Å². The smallest absolute Gasteiger partial charge is 0.236 e. The second-order valence-corrected chi connectivity index (χ2v) is 9.06. The Morgan fingerprint density at radius 3 is 2.13 bits per heavy atom. The topological polar surface area (TPSA) is 47.1 Å². The fourth-order valence-electron chi connectivity index (χ4n) is 4.90. The lowest BCUT2D eigenvalue weighted by Crippen LogP contribution is -2.55. The fraction of sp³-hybridized carbons (Fsp3) is 0.667. The summed E-state index contributed by atoms with van der Waals surface area (Å²) in [4.78, 5) is 33.9. The van der Waals surface area contributed by atoms with E-state index in [-0.39, 0.29) is 17.2 Å². The molecule has 4 rings (SSSR count). The summed E-state index contributed by atoms with van der Waals surface area (Å²) in [6, 6.07) is 0.782. The molecule has 3 aliphatic heterocycles. The summed E-state index contributed by atoms with van der Waals surface area (Å²) < 4.78 is 0. The van der Waals surface area contributed by atoms with E-state index in [0.717, 1.165) is 63.8 Å². The minimum Gasteiger partial charge on any atom is -0.339 e. The number of piperazine rings is 1. The molecule has 0 radical (unpaired) electrons. The number of piperidine rings is 1. The summed E-state index contributed by atoms with van der Waals surface area (Å²) in [6.07, 6.45) is 11.1. The third-order valence-electron chi connectivity index (χ3n) is 7.28. The minimum absolute atomic E-state index is 0.230. The first-order valence-electron chi connectivity index (χ1n) is 11.4. The van der Waals surface area contributed by atoms with Gasteiger partial charge in [-0.25, -0.2) is 0 Å². The molecule has 4 aliphatic rings. The van der Waals surface area contributed by atoms with Gasteiger partial charge in [-0.15, -0.1) is 0 Å². The van der Waals surface area contributed by atoms with Gasteiger partial charge in [0.1, 0.15) is 0 Å². The highest BCUT2D eigenvalue weighted by Crippen LogP contribution is 2.41. The van der Waals surface area contributed by atoms with Gasteiger partial charge in [0.25, 0.3) is 0 Å². The van der Waals surface area contributed by atoms with E-state index >= 15 is 0 Å². The van der Waals surface area contributed by atoms with Gasteiger partial charge in [0.05, 0.1) is 12.0 Å². The van der Waals surface area contributed by atoms with Crippen LogP contribution in [0.2, 0.25) is 0 Å². The third kappa shape index (κ3) is 4.86. The number of nitrogens with zero attached hydrogens (tertiary/aromatic N) is 4. The van der Waals surface area contributed by atoms with Crippen LogP contribution in [0.5, 0.6) is 0 Å². The van der Waals surface area contributed by atoms with Crippen molar-refractivity contribution in [1.82, 2.24) is 19.6 Å². The lowest BCUT2D eigenvalue weighted by Gasteiger charge is -2.43. The average molecular weight is 415 g/mol. The maximum Gasteiger partial charge on any atom is 0.236 e. The Hall–Kier alpha value is -1.92. The summed E-state index contributed by atoms with van der Waals surface area (Å²) in [5.41, 5.74) is 0.746. The Bertz CT molecular complexity index is 675. The molecule has 1 aliphatic carbocycles. The van der Waals surface area contributed by atoms with Gasteiger partial charge in [-0.2, -0.15) is 0 Å². The van der Waals surface area contributed by atoms with Gasteiger partial charge >= 0.3 is 0 Å². The maximum atomic E-state index is 12.7. The lowest BCUT2D eigenvalue weighted by molar-refractivity contribution is -0.138. The van der Waals surface area contributed by atoms with Crippen LogP contribution in [-0.4, -0.2) is 90.3 Å². The Balaban J connectivity index is 0.000000589. The molecule has 2 amide bonds. The van der Waals surface area contributed by atoms with Crippen molar-refractivity contribution in [3.63, 3.8) is 0 Å². The van der Waals surface area contributed by atoms with Crippen molar-refractivity contribution < 1.29 is 9.59 Å². The van der Waals surface area contributed by atoms with Crippen molar-refractivity contribution in [2.45, 2.75) is 45.1 Å². The largest absolute Gasteiger partial charge is 0.339 e. The number of allylic oxidation sites excluding steroid dienone is 3. The number of likely N-dealkylation sites (tertiary alicyclic amines) is 1. The normalized spacial score (nSPS) is 24.7. The molecule has 1 spiro atoms. The van der Waals surface area contributed by atoms with Crippen molar-refractivity contribution in [3.05, 3.63) is 37.1 Å². The number of hydrogen-bond donors (Lipinski definition) is 0. The van der Waals surface area contributed by atoms with Crippen molar-refractivity contribution in [2.24, 2.45) is 5.41 Å². The second kappa shape index (κ2) is 9.92. The van der Waals surface area contributed by atoms with Crippen molar-refractivity contribution >= 4 is 11.8 Å². The van der Waals surface area contributed by atoms with Gasteiger partial charge in [0.2, 0.25) is 11.8 Å². The Kier molecular flexibility index (Phi) is 7.53. The molecule has 0 atom stereocenters. The Morgan fingerprint density at radius 2 is 1.70 bits per heavy atom. The number of hydrogen-bond acceptors (Lipinski definition) is 4. The molecular formula is C24H38N4O2. The van der Waals surface area contributed by atoms with Crippen LogP contribution in [0.15, 0.2) is 37.1 Å². The zero-order valence-electron chi connectivity index (χ0n) is 18.8. The first kappa shape index (κ1) is 22.8. The Labute approximate surface area is 181 Å². The van der Waals surface area contributed by atoms with Crippen LogP contribution < -0.4 is 0 Å². The van der Waals surface area contributed by atoms with Crippen LogP contribution in [0.25, 0.3) is 0 Å². The number of amides is 2. The van der Waals surface area contributed by atoms with Crippen LogP contribution in [0.4, 0.5) is 0 Å². The average Bonchev–Trinajstić information content (AvgIpc) is 2.93. The van der Waals surface area contributed by atoms with Gasteiger partial charge in [-0.3, -0.25) is 19.4 Å². The minimum atomic E-state index is -0.313. The number of rotatable bonds is 4. The van der Waals surface area contributed by atoms with E-state index in [1.165, 1.54) is 19.3 Å². The van der Waals surface area contributed by atoms with Crippen LogP contribution >= 0.6 is 0 Å². The fourth-order valence-corrected chi connectivity index (χ4v) is 4.90. The molecule has 30 heavy (non-hydrogen) atoms. The molecule has 0 aromatic rings. The van der Waals surface area contributed by atoms with Crippen molar-refractivity contribution in [3.8, 4) is 0 Å². The molecule has 0 unspecified atom stereocenters. The number of carbonyl (C=O) groups is 2. The summed E-state index contributed by atoms with van der Waals surface area (Å²) in [6.45, 7) is 14.7. The highest BCUT2D eigenvalue weighted by Gasteiger charge is 2.45. The summed E-state index contributed by atoms with van der Waals surface area (Å²) in [5.74, 6) is 0.490. The first-order chi connectivity index (χ1) is 14.4. The quantitative estimate of drug-likeness (QED) is 0.663. The third-order valence-corrected chi connectivity index (χ3v) is 7.28. The molecule has 6 heteroatoms. The van der Waals surface area contributed by atoms with Gasteiger partial charge in [-0.05, 0) is 38.7 Å². The first-order valence-corrected chi connectivity index (χ1v) is 11.4. The zero-order chi connectivity index (χ0) is 21.7. The highest BCUT2D eigenvalue weighted by molar-refractivity contribution is 5.89. The lowest BCUT2D eigenvalue weighted by atomic mass is 9.78. The Morgan fingerprint density at radius 1 is 1.10 bits per heavy atom. The molecule has 0 N–H and O–H groups in total. The number of carbonyl (C=O) groups excluding carboxylic acids is 2. The van der Waals surface area contributed by atoms with E-state index in [1.54, 1.807) is 17.1 Å². The highest BCUT2D eigenvalue weighted by atomic mass is 16.2. The van der Waals surface area contributed by atoms with Crippen LogP contribution in [-0.2, 0) is 9.59 Å². The van der Waals surface area contributed by atoms with Crippen molar-refractivity contribution in [1.29, 1.82) is 0 Å². The summed E-state index contributed by atoms with van der Waals surface area (Å²) >= 11 is 0. The molecule has 0 bridgehead atoms. The SMILES string of the molecule is C=CC=C.CC1=CC2(CCN(CC(=O)N3CCN(C4CCC4)CC3)CC2)C(=O)N1C. The van der Waals surface area contributed by atoms with Crippen molar-refractivity contribution in [2.75, 3.05) is 52.9 Å². The van der Waals surface area contributed by atoms with Gasteiger partial charge < -0.3 is 9.80 Å². The zero-order valence-corrected chi connectivity index (χ0v) is 18.8. The van der Waals surface area contributed by atoms with E-state index in [4.69, 9.17) is 0 Å². The molecule has 1 saturated carbocycles. The molecule has 0 aromatic carbocycles. The van der Waals surface area contributed by atoms with Crippen LogP contribution in [0.3, 0.4) is 0 Å².